The lowest BCUT2D eigenvalue weighted by molar-refractivity contribution is -0.0758. The van der Waals surface area contributed by atoms with Crippen LogP contribution in [0, 0.1) is 6.57 Å². The fraction of sp³-hybridized carbons (Fsp3) is 0.800. The van der Waals surface area contributed by atoms with Crippen molar-refractivity contribution in [2.75, 3.05) is 0 Å². The molecule has 0 spiro atoms. The largest absolute Gasteiger partial charge is 0.313 e. The number of hydrogen-bond acceptors (Lipinski definition) is 0. The van der Waals surface area contributed by atoms with Crippen molar-refractivity contribution >= 4 is 0 Å². The maximum atomic E-state index is 11.8. The van der Waals surface area contributed by atoms with Gasteiger partial charge in [-0.3, -0.25) is 0 Å². The minimum absolute atomic E-state index is 0.226. The molecule has 8 heavy (non-hydrogen) atoms. The number of alkyl halides is 2. The fourth-order valence-corrected chi connectivity index (χ4v) is 0.721. The van der Waals surface area contributed by atoms with Gasteiger partial charge in [0.1, 0.15) is 0 Å². The first kappa shape index (κ1) is 5.49. The van der Waals surface area contributed by atoms with Crippen LogP contribution >= 0.6 is 0 Å². The second-order valence-corrected chi connectivity index (χ2v) is 2.05. The van der Waals surface area contributed by atoms with Crippen LogP contribution in [-0.2, 0) is 0 Å². The summed E-state index contributed by atoms with van der Waals surface area (Å²) in [5.74, 6) is -2.52. The van der Waals surface area contributed by atoms with E-state index in [4.69, 9.17) is 6.57 Å². The van der Waals surface area contributed by atoms with E-state index in [9.17, 15) is 8.78 Å². The monoisotopic (exact) mass is 117 g/mol. The summed E-state index contributed by atoms with van der Waals surface area (Å²) in [5, 5.41) is 0. The molecule has 0 aromatic rings. The van der Waals surface area contributed by atoms with Gasteiger partial charge in [0.2, 0.25) is 6.04 Å². The highest BCUT2D eigenvalue weighted by Crippen LogP contribution is 2.39. The molecular formula is C5H5F2N. The van der Waals surface area contributed by atoms with Crippen molar-refractivity contribution in [3.05, 3.63) is 11.4 Å². The molecule has 0 atom stereocenters. The zero-order chi connectivity index (χ0) is 6.20. The molecule has 0 N–H and O–H groups in total. The first-order valence-corrected chi connectivity index (χ1v) is 2.38. The summed E-state index contributed by atoms with van der Waals surface area (Å²) < 4.78 is 23.7. The third-order valence-electron chi connectivity index (χ3n) is 1.25. The summed E-state index contributed by atoms with van der Waals surface area (Å²) in [4.78, 5) is 2.96. The number of rotatable bonds is 0. The smallest absolute Gasteiger partial charge is 0.262 e. The van der Waals surface area contributed by atoms with Crippen molar-refractivity contribution in [2.45, 2.75) is 24.8 Å². The Bertz CT molecular complexity index is 128. The Morgan fingerprint density at radius 3 is 2.12 bits per heavy atom. The Balaban J connectivity index is 2.34. The van der Waals surface area contributed by atoms with Crippen molar-refractivity contribution in [1.82, 2.24) is 0 Å². The first-order valence-electron chi connectivity index (χ1n) is 2.38. The molecule has 0 radical (unpaired) electrons. The first-order chi connectivity index (χ1) is 3.64. The summed E-state index contributed by atoms with van der Waals surface area (Å²) in [5.41, 5.74) is 0. The standard InChI is InChI=1S/C5H5F2N/c1-8-4-2-5(6,7)3-4/h4H,2-3H2. The molecule has 1 aliphatic carbocycles. The van der Waals surface area contributed by atoms with Gasteiger partial charge < -0.3 is 4.85 Å². The molecule has 0 aromatic carbocycles. The topological polar surface area (TPSA) is 4.36 Å². The van der Waals surface area contributed by atoms with Crippen molar-refractivity contribution in [1.29, 1.82) is 0 Å². The summed E-state index contributed by atoms with van der Waals surface area (Å²) in [7, 11) is 0. The van der Waals surface area contributed by atoms with E-state index in [1.54, 1.807) is 0 Å². The SMILES string of the molecule is [C-]#[N+]C1CC(F)(F)C1. The van der Waals surface area contributed by atoms with Gasteiger partial charge in [0.05, 0.1) is 12.8 Å². The molecule has 0 aliphatic heterocycles. The lowest BCUT2D eigenvalue weighted by atomic mass is 9.89. The van der Waals surface area contributed by atoms with Crippen LogP contribution in [0.5, 0.6) is 0 Å². The quantitative estimate of drug-likeness (QED) is 0.425. The minimum Gasteiger partial charge on any atom is -0.313 e. The maximum Gasteiger partial charge on any atom is 0.262 e. The van der Waals surface area contributed by atoms with E-state index < -0.39 is 12.0 Å². The molecule has 1 fully saturated rings. The minimum atomic E-state index is -2.52. The van der Waals surface area contributed by atoms with Crippen molar-refractivity contribution in [3.63, 3.8) is 0 Å². The van der Waals surface area contributed by atoms with Gasteiger partial charge in [0, 0.05) is 0 Å². The molecule has 0 saturated heterocycles. The second-order valence-electron chi connectivity index (χ2n) is 2.05. The summed E-state index contributed by atoms with van der Waals surface area (Å²) >= 11 is 0. The van der Waals surface area contributed by atoms with Crippen molar-refractivity contribution < 1.29 is 8.78 Å². The van der Waals surface area contributed by atoms with E-state index in [1.807, 2.05) is 0 Å². The predicted molar refractivity (Wildman–Crippen MR) is 24.6 cm³/mol. The van der Waals surface area contributed by atoms with E-state index in [0.29, 0.717) is 0 Å². The van der Waals surface area contributed by atoms with Gasteiger partial charge in [-0.1, -0.05) is 0 Å². The van der Waals surface area contributed by atoms with Crippen LogP contribution in [0.25, 0.3) is 4.85 Å². The van der Waals surface area contributed by atoms with Crippen LogP contribution in [0.2, 0.25) is 0 Å². The zero-order valence-electron chi connectivity index (χ0n) is 4.19. The Hall–Kier alpha value is -0.650. The van der Waals surface area contributed by atoms with Gasteiger partial charge in [-0.05, 0) is 0 Å². The second kappa shape index (κ2) is 1.41. The van der Waals surface area contributed by atoms with E-state index in [2.05, 4.69) is 4.85 Å². The maximum absolute atomic E-state index is 11.8. The zero-order valence-corrected chi connectivity index (χ0v) is 4.19. The summed E-state index contributed by atoms with van der Waals surface area (Å²) in [6.45, 7) is 6.33. The van der Waals surface area contributed by atoms with Crippen molar-refractivity contribution in [3.8, 4) is 0 Å². The van der Waals surface area contributed by atoms with Gasteiger partial charge in [-0.2, -0.15) is 0 Å². The predicted octanol–water partition coefficient (Wildman–Crippen LogP) is 1.70. The van der Waals surface area contributed by atoms with Crippen LogP contribution < -0.4 is 0 Å². The molecule has 1 nitrogen and oxygen atoms in total. The van der Waals surface area contributed by atoms with Gasteiger partial charge in [-0.25, -0.2) is 15.4 Å². The van der Waals surface area contributed by atoms with Gasteiger partial charge in [-0.15, -0.1) is 0 Å². The average molecular weight is 117 g/mol. The molecule has 1 aliphatic rings. The Morgan fingerprint density at radius 2 is 2.00 bits per heavy atom. The van der Waals surface area contributed by atoms with Crippen LogP contribution in [0.1, 0.15) is 12.8 Å². The molecule has 0 unspecified atom stereocenters. The lowest BCUT2D eigenvalue weighted by Gasteiger charge is -2.25. The number of halogens is 2. The van der Waals surface area contributed by atoms with Crippen LogP contribution in [0.4, 0.5) is 8.78 Å². The number of hydrogen-bond donors (Lipinski definition) is 0. The molecule has 0 heterocycles. The van der Waals surface area contributed by atoms with E-state index in [1.165, 1.54) is 0 Å². The molecular weight excluding hydrogens is 112 g/mol. The third-order valence-corrected chi connectivity index (χ3v) is 1.25. The Labute approximate surface area is 46.1 Å². The molecule has 0 aromatic heterocycles. The van der Waals surface area contributed by atoms with Gasteiger partial charge in [0.15, 0.2) is 0 Å². The molecule has 1 saturated carbocycles. The fourth-order valence-electron chi connectivity index (χ4n) is 0.721. The van der Waals surface area contributed by atoms with Crippen LogP contribution in [0.3, 0.4) is 0 Å². The molecule has 1 rings (SSSR count). The highest BCUT2D eigenvalue weighted by Gasteiger charge is 2.49. The molecule has 3 heteroatoms. The average Bonchev–Trinajstić information content (AvgIpc) is 1.60. The lowest BCUT2D eigenvalue weighted by Crippen LogP contribution is -2.37. The van der Waals surface area contributed by atoms with E-state index in [0.717, 1.165) is 0 Å². The summed E-state index contributed by atoms with van der Waals surface area (Å²) in [6, 6.07) is -0.398. The van der Waals surface area contributed by atoms with Crippen LogP contribution in [0.15, 0.2) is 0 Å². The number of nitrogens with zero attached hydrogens (tertiary/aromatic N) is 1. The van der Waals surface area contributed by atoms with Gasteiger partial charge >= 0.3 is 0 Å². The van der Waals surface area contributed by atoms with E-state index in [-0.39, 0.29) is 12.8 Å². The highest BCUT2D eigenvalue weighted by molar-refractivity contribution is 4.97. The molecule has 0 amide bonds. The highest BCUT2D eigenvalue weighted by atomic mass is 19.3. The Kier molecular flexibility index (Phi) is 0.968. The molecule has 44 valence electrons. The Morgan fingerprint density at radius 1 is 1.50 bits per heavy atom. The summed E-state index contributed by atoms with van der Waals surface area (Å²) in [6.07, 6.45) is -0.451. The van der Waals surface area contributed by atoms with Crippen LogP contribution in [-0.4, -0.2) is 12.0 Å². The normalized spacial score (nSPS) is 26.1. The third kappa shape index (κ3) is 0.786. The van der Waals surface area contributed by atoms with Gasteiger partial charge in [0.25, 0.3) is 5.92 Å². The molecule has 0 bridgehead atoms. The van der Waals surface area contributed by atoms with E-state index >= 15 is 0 Å². The van der Waals surface area contributed by atoms with Crippen molar-refractivity contribution in [2.24, 2.45) is 0 Å².